The normalized spacial score (nSPS) is 10.6. The van der Waals surface area contributed by atoms with Crippen molar-refractivity contribution in [1.82, 2.24) is 4.98 Å². The highest BCUT2D eigenvalue weighted by molar-refractivity contribution is 7.99. The first-order valence-corrected chi connectivity index (χ1v) is 9.27. The SMILES string of the molecule is CC(=O)c1ccc(OCc2cccc(Sc3ccc(C)nc3)c2)c(C)c1. The van der Waals surface area contributed by atoms with Crippen LogP contribution in [0, 0.1) is 13.8 Å². The molecule has 0 atom stereocenters. The van der Waals surface area contributed by atoms with Crippen LogP contribution in [0.1, 0.15) is 34.1 Å². The number of hydrogen-bond donors (Lipinski definition) is 0. The number of nitrogens with zero attached hydrogens (tertiary/aromatic N) is 1. The number of carbonyl (C=O) groups is 1. The average Bonchev–Trinajstić information content (AvgIpc) is 2.63. The van der Waals surface area contributed by atoms with Gasteiger partial charge in [0, 0.05) is 27.2 Å². The molecule has 0 amide bonds. The molecule has 4 heteroatoms. The van der Waals surface area contributed by atoms with Gasteiger partial charge in [-0.3, -0.25) is 9.78 Å². The van der Waals surface area contributed by atoms with Crippen molar-refractivity contribution in [2.24, 2.45) is 0 Å². The van der Waals surface area contributed by atoms with Gasteiger partial charge in [-0.2, -0.15) is 0 Å². The molecule has 0 aliphatic carbocycles. The second-order valence-corrected chi connectivity index (χ2v) is 7.36. The summed E-state index contributed by atoms with van der Waals surface area (Å²) in [5.41, 5.74) is 3.79. The Morgan fingerprint density at radius 3 is 2.58 bits per heavy atom. The summed E-state index contributed by atoms with van der Waals surface area (Å²) in [4.78, 5) is 18.0. The maximum Gasteiger partial charge on any atom is 0.159 e. The van der Waals surface area contributed by atoms with Crippen LogP contribution in [-0.4, -0.2) is 10.8 Å². The van der Waals surface area contributed by atoms with Crippen molar-refractivity contribution in [3.63, 3.8) is 0 Å². The van der Waals surface area contributed by atoms with E-state index in [-0.39, 0.29) is 5.78 Å². The van der Waals surface area contributed by atoms with E-state index in [0.717, 1.165) is 32.4 Å². The van der Waals surface area contributed by atoms with Crippen LogP contribution in [0.25, 0.3) is 0 Å². The molecule has 1 heterocycles. The van der Waals surface area contributed by atoms with E-state index in [1.807, 2.05) is 44.3 Å². The number of hydrogen-bond acceptors (Lipinski definition) is 4. The van der Waals surface area contributed by atoms with Gasteiger partial charge < -0.3 is 4.74 Å². The van der Waals surface area contributed by atoms with Crippen molar-refractivity contribution < 1.29 is 9.53 Å². The van der Waals surface area contributed by atoms with Crippen molar-refractivity contribution >= 4 is 17.5 Å². The molecule has 0 fully saturated rings. The minimum Gasteiger partial charge on any atom is -0.489 e. The Hall–Kier alpha value is -2.59. The summed E-state index contributed by atoms with van der Waals surface area (Å²) >= 11 is 1.68. The van der Waals surface area contributed by atoms with Crippen LogP contribution in [0.15, 0.2) is 70.6 Å². The molecule has 3 rings (SSSR count). The molecular weight excluding hydrogens is 342 g/mol. The van der Waals surface area contributed by atoms with Gasteiger partial charge >= 0.3 is 0 Å². The van der Waals surface area contributed by atoms with Crippen LogP contribution in [0.5, 0.6) is 5.75 Å². The average molecular weight is 363 g/mol. The Balaban J connectivity index is 1.67. The Labute approximate surface area is 158 Å². The number of aryl methyl sites for hydroxylation is 2. The molecule has 0 saturated carbocycles. The lowest BCUT2D eigenvalue weighted by molar-refractivity contribution is 0.101. The lowest BCUT2D eigenvalue weighted by Crippen LogP contribution is -1.99. The summed E-state index contributed by atoms with van der Waals surface area (Å²) in [6.07, 6.45) is 1.89. The summed E-state index contributed by atoms with van der Waals surface area (Å²) in [6.45, 7) is 6.00. The third-order valence-electron chi connectivity index (χ3n) is 3.99. The number of aromatic nitrogens is 1. The van der Waals surface area contributed by atoms with E-state index < -0.39 is 0 Å². The fraction of sp³-hybridized carbons (Fsp3) is 0.182. The minimum atomic E-state index is 0.0648. The van der Waals surface area contributed by atoms with Gasteiger partial charge in [0.25, 0.3) is 0 Å². The third kappa shape index (κ3) is 4.73. The van der Waals surface area contributed by atoms with Crippen molar-refractivity contribution in [2.75, 3.05) is 0 Å². The van der Waals surface area contributed by atoms with Crippen molar-refractivity contribution in [3.05, 3.63) is 83.2 Å². The van der Waals surface area contributed by atoms with Gasteiger partial charge in [0.15, 0.2) is 5.78 Å². The van der Waals surface area contributed by atoms with Crippen molar-refractivity contribution in [3.8, 4) is 5.75 Å². The number of benzene rings is 2. The first-order valence-electron chi connectivity index (χ1n) is 8.45. The maximum atomic E-state index is 11.4. The van der Waals surface area contributed by atoms with E-state index in [0.29, 0.717) is 12.2 Å². The molecule has 3 aromatic rings. The first-order chi connectivity index (χ1) is 12.5. The molecule has 0 saturated heterocycles. The summed E-state index contributed by atoms with van der Waals surface area (Å²) < 4.78 is 5.95. The predicted octanol–water partition coefficient (Wildman–Crippen LogP) is 5.63. The Kier molecular flexibility index (Phi) is 5.74. The van der Waals surface area contributed by atoms with Gasteiger partial charge in [0.2, 0.25) is 0 Å². The molecule has 0 spiro atoms. The topological polar surface area (TPSA) is 39.2 Å². The van der Waals surface area contributed by atoms with Crippen LogP contribution in [0.2, 0.25) is 0 Å². The van der Waals surface area contributed by atoms with Gasteiger partial charge in [0.1, 0.15) is 12.4 Å². The molecule has 3 nitrogen and oxygen atoms in total. The minimum absolute atomic E-state index is 0.0648. The Bertz CT molecular complexity index is 920. The fourth-order valence-corrected chi connectivity index (χ4v) is 3.41. The molecule has 0 unspecified atom stereocenters. The van der Waals surface area contributed by atoms with Gasteiger partial charge in [0.05, 0.1) is 0 Å². The number of pyridine rings is 1. The molecule has 0 N–H and O–H groups in total. The zero-order valence-corrected chi connectivity index (χ0v) is 16.0. The standard InChI is InChI=1S/C22H21NO2S/c1-15-11-19(17(3)24)8-10-22(15)25-14-18-5-4-6-20(12-18)26-21-9-7-16(2)23-13-21/h4-13H,14H2,1-3H3. The molecule has 0 aliphatic heterocycles. The molecule has 1 aromatic heterocycles. The summed E-state index contributed by atoms with van der Waals surface area (Å²) in [5, 5.41) is 0. The Morgan fingerprint density at radius 1 is 1.04 bits per heavy atom. The lowest BCUT2D eigenvalue weighted by atomic mass is 10.1. The largest absolute Gasteiger partial charge is 0.489 e. The smallest absolute Gasteiger partial charge is 0.159 e. The number of ketones is 1. The monoisotopic (exact) mass is 363 g/mol. The number of Topliss-reactive ketones (excluding diaryl/α,β-unsaturated/α-hetero) is 1. The van der Waals surface area contributed by atoms with E-state index in [9.17, 15) is 4.79 Å². The summed E-state index contributed by atoms with van der Waals surface area (Å²) in [5.74, 6) is 0.866. The zero-order chi connectivity index (χ0) is 18.5. The summed E-state index contributed by atoms with van der Waals surface area (Å²) in [6, 6.07) is 17.9. The van der Waals surface area contributed by atoms with E-state index in [1.54, 1.807) is 24.8 Å². The number of rotatable bonds is 6. The molecule has 26 heavy (non-hydrogen) atoms. The van der Waals surface area contributed by atoms with Crippen molar-refractivity contribution in [1.29, 1.82) is 0 Å². The van der Waals surface area contributed by atoms with Gasteiger partial charge in [-0.1, -0.05) is 23.9 Å². The van der Waals surface area contributed by atoms with Gasteiger partial charge in [-0.25, -0.2) is 0 Å². The van der Waals surface area contributed by atoms with E-state index >= 15 is 0 Å². The van der Waals surface area contributed by atoms with Crippen LogP contribution in [-0.2, 0) is 6.61 Å². The quantitative estimate of drug-likeness (QED) is 0.532. The predicted molar refractivity (Wildman–Crippen MR) is 105 cm³/mol. The van der Waals surface area contributed by atoms with E-state index in [2.05, 4.69) is 29.2 Å². The zero-order valence-electron chi connectivity index (χ0n) is 15.2. The van der Waals surface area contributed by atoms with Gasteiger partial charge in [-0.05, 0) is 74.4 Å². The van der Waals surface area contributed by atoms with Crippen molar-refractivity contribution in [2.45, 2.75) is 37.2 Å². The van der Waals surface area contributed by atoms with E-state index in [1.165, 1.54) is 0 Å². The molecule has 2 aromatic carbocycles. The Morgan fingerprint density at radius 2 is 1.88 bits per heavy atom. The number of ether oxygens (including phenoxy) is 1. The molecule has 0 aliphatic rings. The van der Waals surface area contributed by atoms with Crippen LogP contribution in [0.4, 0.5) is 0 Å². The van der Waals surface area contributed by atoms with Gasteiger partial charge in [-0.15, -0.1) is 0 Å². The van der Waals surface area contributed by atoms with Crippen LogP contribution < -0.4 is 4.74 Å². The first kappa shape index (κ1) is 18.2. The summed E-state index contributed by atoms with van der Waals surface area (Å²) in [7, 11) is 0. The third-order valence-corrected chi connectivity index (χ3v) is 4.96. The molecule has 0 radical (unpaired) electrons. The molecular formula is C22H21NO2S. The van der Waals surface area contributed by atoms with E-state index in [4.69, 9.17) is 4.74 Å². The maximum absolute atomic E-state index is 11.4. The number of carbonyl (C=O) groups excluding carboxylic acids is 1. The van der Waals surface area contributed by atoms with Crippen LogP contribution >= 0.6 is 11.8 Å². The highest BCUT2D eigenvalue weighted by atomic mass is 32.2. The highest BCUT2D eigenvalue weighted by Crippen LogP contribution is 2.28. The highest BCUT2D eigenvalue weighted by Gasteiger charge is 2.06. The molecule has 0 bridgehead atoms. The molecule has 132 valence electrons. The second kappa shape index (κ2) is 8.19. The van der Waals surface area contributed by atoms with Crippen LogP contribution in [0.3, 0.4) is 0 Å². The lowest BCUT2D eigenvalue weighted by Gasteiger charge is -2.11. The second-order valence-electron chi connectivity index (χ2n) is 6.21. The fourth-order valence-electron chi connectivity index (χ4n) is 2.54.